The molecule has 10 nitrogen and oxygen atoms in total. The molecule has 3 heterocycles. The normalized spacial score (nSPS) is 10.4. The fourth-order valence-corrected chi connectivity index (χ4v) is 2.60. The smallest absolute Gasteiger partial charge is 0.335 e. The second-order valence-corrected chi connectivity index (χ2v) is 6.04. The molecule has 0 aliphatic carbocycles. The Hall–Kier alpha value is -4.65. The highest BCUT2D eigenvalue weighted by molar-refractivity contribution is 5.88. The van der Waals surface area contributed by atoms with Crippen molar-refractivity contribution >= 4 is 5.97 Å². The Labute approximate surface area is 168 Å². The van der Waals surface area contributed by atoms with E-state index in [1.165, 1.54) is 18.4 Å². The van der Waals surface area contributed by atoms with Gasteiger partial charge in [0.05, 0.1) is 24.6 Å². The molecule has 4 rings (SSSR count). The maximum Gasteiger partial charge on any atom is 0.335 e. The van der Waals surface area contributed by atoms with Crippen LogP contribution in [0.4, 0.5) is 0 Å². The van der Waals surface area contributed by atoms with E-state index in [2.05, 4.69) is 26.8 Å². The summed E-state index contributed by atoms with van der Waals surface area (Å²) in [7, 11) is 0. The van der Waals surface area contributed by atoms with E-state index in [1.807, 2.05) is 0 Å². The van der Waals surface area contributed by atoms with Crippen LogP contribution in [0.2, 0.25) is 0 Å². The number of benzene rings is 1. The standard InChI is InChI=1S/C20H13N5O5/c26-17-10-22-15(2-1-8-24-9-7-21-12-24)18(27)25(17)20-23-16(11-30-20)13-3-5-14(6-4-13)19(28)29/h3-7,9-12,27H,8H2,(H,28,29). The third kappa shape index (κ3) is 3.67. The van der Waals surface area contributed by atoms with Gasteiger partial charge in [-0.25, -0.2) is 14.8 Å². The molecule has 3 aromatic heterocycles. The summed E-state index contributed by atoms with van der Waals surface area (Å²) in [4.78, 5) is 35.2. The molecule has 0 spiro atoms. The maximum absolute atomic E-state index is 12.2. The SMILES string of the molecule is O=C(O)c1ccc(-c2coc(-n3c(O)c(C#CCn4ccnc4)ncc3=O)n2)cc1. The zero-order valence-corrected chi connectivity index (χ0v) is 15.3. The first-order valence-electron chi connectivity index (χ1n) is 8.58. The van der Waals surface area contributed by atoms with Gasteiger partial charge in [-0.3, -0.25) is 4.79 Å². The van der Waals surface area contributed by atoms with Crippen molar-refractivity contribution in [1.29, 1.82) is 0 Å². The van der Waals surface area contributed by atoms with E-state index in [1.54, 1.807) is 35.4 Å². The number of aromatic nitrogens is 5. The molecule has 0 radical (unpaired) electrons. The molecule has 0 atom stereocenters. The highest BCUT2D eigenvalue weighted by Crippen LogP contribution is 2.23. The molecule has 0 saturated carbocycles. The van der Waals surface area contributed by atoms with Gasteiger partial charge in [0.1, 0.15) is 12.0 Å². The number of hydrogen-bond donors (Lipinski definition) is 2. The summed E-state index contributed by atoms with van der Waals surface area (Å²) < 4.78 is 7.93. The monoisotopic (exact) mass is 403 g/mol. The highest BCUT2D eigenvalue weighted by Gasteiger charge is 2.16. The van der Waals surface area contributed by atoms with Gasteiger partial charge in [-0.15, -0.1) is 0 Å². The quantitative estimate of drug-likeness (QED) is 0.490. The molecule has 4 aromatic rings. The second-order valence-electron chi connectivity index (χ2n) is 6.04. The predicted molar refractivity (Wildman–Crippen MR) is 103 cm³/mol. The Morgan fingerprint density at radius 2 is 2.03 bits per heavy atom. The Morgan fingerprint density at radius 1 is 1.23 bits per heavy atom. The summed E-state index contributed by atoms with van der Waals surface area (Å²) in [5.41, 5.74) is 0.404. The van der Waals surface area contributed by atoms with E-state index in [-0.39, 0.29) is 17.3 Å². The average molecular weight is 403 g/mol. The molecule has 0 aliphatic rings. The van der Waals surface area contributed by atoms with Gasteiger partial charge < -0.3 is 19.2 Å². The van der Waals surface area contributed by atoms with E-state index in [0.717, 1.165) is 10.8 Å². The first-order valence-corrected chi connectivity index (χ1v) is 8.58. The number of hydrogen-bond acceptors (Lipinski definition) is 7. The van der Waals surface area contributed by atoms with Crippen molar-refractivity contribution < 1.29 is 19.4 Å². The number of rotatable bonds is 4. The van der Waals surface area contributed by atoms with Gasteiger partial charge in [-0.1, -0.05) is 18.1 Å². The Kier molecular flexibility index (Phi) is 4.84. The third-order valence-electron chi connectivity index (χ3n) is 4.09. The Morgan fingerprint density at radius 3 is 2.73 bits per heavy atom. The molecule has 0 unspecified atom stereocenters. The van der Waals surface area contributed by atoms with Crippen LogP contribution in [0, 0.1) is 11.8 Å². The van der Waals surface area contributed by atoms with E-state index >= 15 is 0 Å². The molecule has 0 aliphatic heterocycles. The first kappa shape index (κ1) is 18.7. The van der Waals surface area contributed by atoms with Gasteiger partial charge in [0, 0.05) is 18.0 Å². The fourth-order valence-electron chi connectivity index (χ4n) is 2.60. The summed E-state index contributed by atoms with van der Waals surface area (Å²) in [6, 6.07) is 5.81. The van der Waals surface area contributed by atoms with Crippen molar-refractivity contribution in [2.24, 2.45) is 0 Å². The van der Waals surface area contributed by atoms with Crippen LogP contribution in [0.3, 0.4) is 0 Å². The third-order valence-corrected chi connectivity index (χ3v) is 4.09. The summed E-state index contributed by atoms with van der Waals surface area (Å²) in [6.45, 7) is 0.329. The highest BCUT2D eigenvalue weighted by atomic mass is 16.4. The number of carboxylic acid groups (broad SMARTS) is 1. The number of carbonyl (C=O) groups is 1. The van der Waals surface area contributed by atoms with Gasteiger partial charge in [-0.05, 0) is 18.1 Å². The van der Waals surface area contributed by atoms with Crippen LogP contribution in [0.25, 0.3) is 17.3 Å². The number of aromatic carboxylic acids is 1. The zero-order valence-electron chi connectivity index (χ0n) is 15.3. The minimum atomic E-state index is -1.04. The summed E-state index contributed by atoms with van der Waals surface area (Å²) >= 11 is 0. The van der Waals surface area contributed by atoms with Gasteiger partial charge in [0.15, 0.2) is 5.69 Å². The molecule has 10 heteroatoms. The van der Waals surface area contributed by atoms with Gasteiger partial charge in [0.25, 0.3) is 5.56 Å². The van der Waals surface area contributed by atoms with Crippen LogP contribution in [0.15, 0.2) is 64.7 Å². The molecule has 0 bridgehead atoms. The van der Waals surface area contributed by atoms with Crippen LogP contribution in [-0.2, 0) is 6.54 Å². The molecule has 2 N–H and O–H groups in total. The van der Waals surface area contributed by atoms with E-state index in [4.69, 9.17) is 9.52 Å². The van der Waals surface area contributed by atoms with Crippen LogP contribution < -0.4 is 5.56 Å². The lowest BCUT2D eigenvalue weighted by Crippen LogP contribution is -2.19. The number of nitrogens with zero attached hydrogens (tertiary/aromatic N) is 5. The van der Waals surface area contributed by atoms with E-state index in [9.17, 15) is 14.7 Å². The summed E-state index contributed by atoms with van der Waals surface area (Å²) in [6.07, 6.45) is 7.25. The largest absolute Gasteiger partial charge is 0.492 e. The molecule has 148 valence electrons. The van der Waals surface area contributed by atoms with Gasteiger partial charge >= 0.3 is 12.0 Å². The Bertz CT molecular complexity index is 1320. The lowest BCUT2D eigenvalue weighted by atomic mass is 10.1. The van der Waals surface area contributed by atoms with Crippen molar-refractivity contribution in [3.8, 4) is 35.0 Å². The van der Waals surface area contributed by atoms with Crippen LogP contribution >= 0.6 is 0 Å². The number of aromatic hydroxyl groups is 1. The Balaban J connectivity index is 1.65. The minimum absolute atomic E-state index is 0.0136. The van der Waals surface area contributed by atoms with Crippen LogP contribution in [0.5, 0.6) is 5.88 Å². The van der Waals surface area contributed by atoms with Crippen molar-refractivity contribution in [2.75, 3.05) is 0 Å². The zero-order chi connectivity index (χ0) is 21.1. The average Bonchev–Trinajstić information content (AvgIpc) is 3.42. The number of imidazole rings is 1. The van der Waals surface area contributed by atoms with Crippen molar-refractivity contribution in [3.05, 3.63) is 77.1 Å². The topological polar surface area (TPSA) is 136 Å². The van der Waals surface area contributed by atoms with E-state index < -0.39 is 17.4 Å². The number of oxazole rings is 1. The summed E-state index contributed by atoms with van der Waals surface area (Å²) in [5, 5.41) is 19.5. The lowest BCUT2D eigenvalue weighted by Gasteiger charge is -2.04. The molecule has 0 amide bonds. The molecule has 1 aromatic carbocycles. The van der Waals surface area contributed by atoms with Crippen LogP contribution in [0.1, 0.15) is 16.1 Å². The van der Waals surface area contributed by atoms with Crippen molar-refractivity contribution in [2.45, 2.75) is 6.54 Å². The summed E-state index contributed by atoms with van der Waals surface area (Å²) in [5.74, 6) is 3.98. The molecular formula is C20H13N5O5. The fraction of sp³-hybridized carbons (Fsp3) is 0.0500. The van der Waals surface area contributed by atoms with Gasteiger partial charge in [-0.2, -0.15) is 9.55 Å². The molecule has 0 fully saturated rings. The lowest BCUT2D eigenvalue weighted by molar-refractivity contribution is 0.0697. The second kappa shape index (κ2) is 7.76. The first-order chi connectivity index (χ1) is 14.5. The molecular weight excluding hydrogens is 390 g/mol. The van der Waals surface area contributed by atoms with Crippen molar-refractivity contribution in [1.82, 2.24) is 24.1 Å². The van der Waals surface area contributed by atoms with Gasteiger partial charge in [0.2, 0.25) is 5.88 Å². The number of carboxylic acids is 1. The molecule has 30 heavy (non-hydrogen) atoms. The predicted octanol–water partition coefficient (Wildman–Crippen LogP) is 1.54. The van der Waals surface area contributed by atoms with Crippen LogP contribution in [-0.4, -0.2) is 40.3 Å². The minimum Gasteiger partial charge on any atom is -0.492 e. The van der Waals surface area contributed by atoms with E-state index in [0.29, 0.717) is 17.8 Å². The maximum atomic E-state index is 12.2. The van der Waals surface area contributed by atoms with Crippen molar-refractivity contribution in [3.63, 3.8) is 0 Å². The molecule has 0 saturated heterocycles.